The molecule has 6 nitrogen and oxygen atoms in total. The normalized spacial score (nSPS) is 11.9. The van der Waals surface area contributed by atoms with E-state index in [0.29, 0.717) is 5.56 Å². The molecule has 1 N–H and O–H groups in total. The smallest absolute Gasteiger partial charge is 0.251 e. The van der Waals surface area contributed by atoms with E-state index in [0.717, 1.165) is 32.7 Å². The number of hydrogen-bond donors (Lipinski definition) is 1. The van der Waals surface area contributed by atoms with Gasteiger partial charge in [0.1, 0.15) is 12.1 Å². The van der Waals surface area contributed by atoms with E-state index in [-0.39, 0.29) is 11.9 Å². The van der Waals surface area contributed by atoms with E-state index >= 15 is 0 Å². The Hall–Kier alpha value is -2.80. The minimum Gasteiger partial charge on any atom is -0.363 e. The third kappa shape index (κ3) is 4.31. The average Bonchev–Trinajstić information content (AvgIpc) is 3.00. The predicted octanol–water partition coefficient (Wildman–Crippen LogP) is 3.77. The number of aryl methyl sites for hydroxylation is 2. The van der Waals surface area contributed by atoms with Crippen LogP contribution in [-0.4, -0.2) is 35.0 Å². The van der Waals surface area contributed by atoms with Crippen LogP contribution in [-0.2, 0) is 0 Å². The molecule has 7 heteroatoms. The summed E-state index contributed by atoms with van der Waals surface area (Å²) < 4.78 is 0. The largest absolute Gasteiger partial charge is 0.363 e. The number of nitrogens with one attached hydrogen (secondary N) is 1. The molecule has 1 amide bonds. The molecule has 0 saturated carbocycles. The van der Waals surface area contributed by atoms with Gasteiger partial charge in [-0.1, -0.05) is 12.1 Å². The van der Waals surface area contributed by atoms with Crippen LogP contribution in [0.4, 0.5) is 5.82 Å². The second-order valence-electron chi connectivity index (χ2n) is 6.61. The minimum absolute atomic E-state index is 0.128. The van der Waals surface area contributed by atoms with Gasteiger partial charge < -0.3 is 10.2 Å². The first-order valence-corrected chi connectivity index (χ1v) is 9.51. The summed E-state index contributed by atoms with van der Waals surface area (Å²) in [6.07, 6.45) is 1.53. The molecule has 3 aromatic rings. The van der Waals surface area contributed by atoms with E-state index in [1.165, 1.54) is 6.33 Å². The molecule has 0 fully saturated rings. The van der Waals surface area contributed by atoms with Crippen LogP contribution in [0.2, 0.25) is 0 Å². The number of carbonyl (C=O) groups is 1. The molecule has 0 aliphatic carbocycles. The summed E-state index contributed by atoms with van der Waals surface area (Å²) in [6, 6.07) is 9.22. The first-order chi connectivity index (χ1) is 12.8. The first-order valence-electron chi connectivity index (χ1n) is 8.69. The monoisotopic (exact) mass is 381 g/mol. The number of aromatic nitrogens is 3. The standard InChI is InChI=1S/C20H23N5OS/c1-12(19-13(2)27-14(3)24-19)23-20(26)16-8-6-7-15(9-16)17-10-18(25(4)5)22-11-21-17/h6-12H,1-5H3,(H,23,26). The van der Waals surface area contributed by atoms with Gasteiger partial charge in [-0.15, -0.1) is 11.3 Å². The topological polar surface area (TPSA) is 71.0 Å². The van der Waals surface area contributed by atoms with Gasteiger partial charge in [0.2, 0.25) is 0 Å². The summed E-state index contributed by atoms with van der Waals surface area (Å²) in [6.45, 7) is 5.96. The fourth-order valence-electron chi connectivity index (χ4n) is 2.86. The molecule has 2 heterocycles. The van der Waals surface area contributed by atoms with Crippen LogP contribution in [0.3, 0.4) is 0 Å². The Labute approximate surface area is 163 Å². The van der Waals surface area contributed by atoms with Crippen molar-refractivity contribution in [3.05, 3.63) is 57.8 Å². The molecule has 2 aromatic heterocycles. The third-order valence-electron chi connectivity index (χ3n) is 4.23. The molecule has 0 saturated heterocycles. The van der Waals surface area contributed by atoms with Crippen molar-refractivity contribution < 1.29 is 4.79 Å². The lowest BCUT2D eigenvalue weighted by molar-refractivity contribution is 0.0939. The van der Waals surface area contributed by atoms with Gasteiger partial charge in [0, 0.05) is 36.2 Å². The van der Waals surface area contributed by atoms with Crippen LogP contribution in [0.25, 0.3) is 11.3 Å². The van der Waals surface area contributed by atoms with Crippen LogP contribution < -0.4 is 10.2 Å². The maximum Gasteiger partial charge on any atom is 0.251 e. The lowest BCUT2D eigenvalue weighted by Crippen LogP contribution is -2.27. The van der Waals surface area contributed by atoms with Crippen LogP contribution in [0, 0.1) is 13.8 Å². The van der Waals surface area contributed by atoms with Crippen molar-refractivity contribution in [1.29, 1.82) is 0 Å². The highest BCUT2D eigenvalue weighted by atomic mass is 32.1. The number of hydrogen-bond acceptors (Lipinski definition) is 6. The van der Waals surface area contributed by atoms with Crippen molar-refractivity contribution in [2.24, 2.45) is 0 Å². The Morgan fingerprint density at radius 2 is 1.96 bits per heavy atom. The summed E-state index contributed by atoms with van der Waals surface area (Å²) in [5.41, 5.74) is 3.17. The Bertz CT molecular complexity index is 967. The Kier molecular flexibility index (Phi) is 5.51. The zero-order valence-corrected chi connectivity index (χ0v) is 17.0. The van der Waals surface area contributed by atoms with Crippen molar-refractivity contribution in [3.8, 4) is 11.3 Å². The zero-order valence-electron chi connectivity index (χ0n) is 16.1. The van der Waals surface area contributed by atoms with Gasteiger partial charge in [0.15, 0.2) is 0 Å². The Morgan fingerprint density at radius 1 is 1.19 bits per heavy atom. The number of amides is 1. The summed E-state index contributed by atoms with van der Waals surface area (Å²) in [7, 11) is 3.86. The molecule has 140 valence electrons. The highest BCUT2D eigenvalue weighted by Crippen LogP contribution is 2.24. The molecule has 1 atom stereocenters. The average molecular weight is 382 g/mol. The molecular weight excluding hydrogens is 358 g/mol. The number of rotatable bonds is 5. The molecule has 0 aliphatic rings. The van der Waals surface area contributed by atoms with Gasteiger partial charge in [0.05, 0.1) is 22.4 Å². The van der Waals surface area contributed by atoms with Gasteiger partial charge >= 0.3 is 0 Å². The molecule has 1 aromatic carbocycles. The van der Waals surface area contributed by atoms with Crippen molar-refractivity contribution in [3.63, 3.8) is 0 Å². The molecule has 0 bridgehead atoms. The van der Waals surface area contributed by atoms with Crippen LogP contribution in [0.1, 0.15) is 38.9 Å². The minimum atomic E-state index is -0.148. The van der Waals surface area contributed by atoms with Gasteiger partial charge in [0.25, 0.3) is 5.91 Å². The molecule has 1 unspecified atom stereocenters. The fourth-order valence-corrected chi connectivity index (χ4v) is 3.78. The number of thiazole rings is 1. The van der Waals surface area contributed by atoms with Crippen LogP contribution >= 0.6 is 11.3 Å². The summed E-state index contributed by atoms with van der Waals surface area (Å²) >= 11 is 1.64. The summed E-state index contributed by atoms with van der Waals surface area (Å²) in [5.74, 6) is 0.689. The Morgan fingerprint density at radius 3 is 2.63 bits per heavy atom. The van der Waals surface area contributed by atoms with E-state index in [1.807, 2.05) is 64.0 Å². The summed E-state index contributed by atoms with van der Waals surface area (Å²) in [5, 5.41) is 4.04. The molecule has 0 aliphatic heterocycles. The molecule has 0 spiro atoms. The van der Waals surface area contributed by atoms with Crippen molar-refractivity contribution in [1.82, 2.24) is 20.3 Å². The van der Waals surface area contributed by atoms with Gasteiger partial charge in [-0.05, 0) is 32.9 Å². The van der Waals surface area contributed by atoms with Crippen molar-refractivity contribution >= 4 is 23.1 Å². The molecular formula is C20H23N5OS. The molecule has 0 radical (unpaired) electrons. The van der Waals surface area contributed by atoms with Gasteiger partial charge in [-0.2, -0.15) is 0 Å². The maximum atomic E-state index is 12.7. The number of anilines is 1. The van der Waals surface area contributed by atoms with E-state index in [1.54, 1.807) is 17.4 Å². The number of carbonyl (C=O) groups excluding carboxylic acids is 1. The van der Waals surface area contributed by atoms with Crippen molar-refractivity contribution in [2.75, 3.05) is 19.0 Å². The quantitative estimate of drug-likeness (QED) is 0.728. The highest BCUT2D eigenvalue weighted by molar-refractivity contribution is 7.11. The van der Waals surface area contributed by atoms with E-state index in [2.05, 4.69) is 20.3 Å². The molecule has 27 heavy (non-hydrogen) atoms. The lowest BCUT2D eigenvalue weighted by atomic mass is 10.1. The van der Waals surface area contributed by atoms with Crippen LogP contribution in [0.5, 0.6) is 0 Å². The molecule has 3 rings (SSSR count). The first kappa shape index (κ1) is 19.0. The zero-order chi connectivity index (χ0) is 19.6. The van der Waals surface area contributed by atoms with E-state index in [9.17, 15) is 4.79 Å². The van der Waals surface area contributed by atoms with Crippen LogP contribution in [0.15, 0.2) is 36.7 Å². The lowest BCUT2D eigenvalue weighted by Gasteiger charge is -2.14. The summed E-state index contributed by atoms with van der Waals surface area (Å²) in [4.78, 5) is 28.9. The Balaban J connectivity index is 1.81. The van der Waals surface area contributed by atoms with E-state index < -0.39 is 0 Å². The predicted molar refractivity (Wildman–Crippen MR) is 109 cm³/mol. The maximum absolute atomic E-state index is 12.7. The van der Waals surface area contributed by atoms with Crippen molar-refractivity contribution in [2.45, 2.75) is 26.8 Å². The van der Waals surface area contributed by atoms with Gasteiger partial charge in [-0.25, -0.2) is 15.0 Å². The van der Waals surface area contributed by atoms with E-state index in [4.69, 9.17) is 0 Å². The second kappa shape index (κ2) is 7.84. The number of benzene rings is 1. The third-order valence-corrected chi connectivity index (χ3v) is 5.13. The fraction of sp³-hybridized carbons (Fsp3) is 0.300. The highest BCUT2D eigenvalue weighted by Gasteiger charge is 2.17. The number of nitrogens with zero attached hydrogens (tertiary/aromatic N) is 4. The second-order valence-corrected chi connectivity index (χ2v) is 8.01. The SMILES string of the molecule is Cc1nc(C(C)NC(=O)c2cccc(-c3cc(N(C)C)ncn3)c2)c(C)s1. The van der Waals surface area contributed by atoms with Gasteiger partial charge in [-0.3, -0.25) is 4.79 Å².